The number of carbonyl (C=O) groups excluding carboxylic acids is 1. The van der Waals surface area contributed by atoms with Gasteiger partial charge in [0.1, 0.15) is 0 Å². The number of carbonyl (C=O) groups is 1. The first-order chi connectivity index (χ1) is 6.24. The molecule has 13 heavy (non-hydrogen) atoms. The van der Waals surface area contributed by atoms with Crippen molar-refractivity contribution in [2.75, 3.05) is 0 Å². The molecule has 65 valence electrons. The van der Waals surface area contributed by atoms with Crippen molar-refractivity contribution in [3.8, 4) is 0 Å². The van der Waals surface area contributed by atoms with Gasteiger partial charge in [-0.15, -0.1) is 0 Å². The highest BCUT2D eigenvalue weighted by Crippen LogP contribution is 2.13. The molecule has 0 atom stereocenters. The van der Waals surface area contributed by atoms with Crippen LogP contribution in [0.25, 0.3) is 5.76 Å². The standard InChI is InChI=1S/C10H10O2.Al.H/c1-8(11)7-10(12)9-5-3-2-4-6-9;;/h2-7,12H,1H3;;/q;+1;/p-1. The minimum Gasteiger partial charge on any atom is -0.650 e. The lowest BCUT2D eigenvalue weighted by atomic mass is 10.1. The first-order valence-corrected chi connectivity index (χ1v) is 4.51. The maximum Gasteiger partial charge on any atom is 0.494 e. The Hall–Kier alpha value is -1.04. The summed E-state index contributed by atoms with van der Waals surface area (Å²) in [5, 5.41) is 0. The molecule has 0 aliphatic rings. The number of ketones is 1. The molecule has 0 saturated heterocycles. The summed E-state index contributed by atoms with van der Waals surface area (Å²) in [6.07, 6.45) is 1.49. The van der Waals surface area contributed by atoms with E-state index in [1.807, 2.05) is 30.3 Å². The van der Waals surface area contributed by atoms with Crippen LogP contribution >= 0.6 is 0 Å². The number of hydrogen-bond acceptors (Lipinski definition) is 2. The minimum atomic E-state index is -0.00879. The fraction of sp³-hybridized carbons (Fsp3) is 0.100. The van der Waals surface area contributed by atoms with Crippen LogP contribution in [0.4, 0.5) is 0 Å². The van der Waals surface area contributed by atoms with Gasteiger partial charge in [-0.05, 0) is 6.92 Å². The first-order valence-electron chi connectivity index (χ1n) is 3.93. The summed E-state index contributed by atoms with van der Waals surface area (Å²) in [7, 11) is 0. The fourth-order valence-corrected chi connectivity index (χ4v) is 1.25. The van der Waals surface area contributed by atoms with E-state index in [1.165, 1.54) is 29.6 Å². The van der Waals surface area contributed by atoms with Crippen LogP contribution in [-0.2, 0) is 8.58 Å². The summed E-state index contributed by atoms with van der Waals surface area (Å²) in [5.41, 5.74) is 0.924. The number of allylic oxidation sites excluding steroid dienone is 1. The summed E-state index contributed by atoms with van der Waals surface area (Å²) >= 11 is 1.36. The number of rotatable bonds is 3. The Morgan fingerprint density at radius 1 is 1.38 bits per heavy atom. The van der Waals surface area contributed by atoms with Crippen LogP contribution in [0.15, 0.2) is 36.4 Å². The van der Waals surface area contributed by atoms with Crippen molar-refractivity contribution in [3.63, 3.8) is 0 Å². The van der Waals surface area contributed by atoms with Gasteiger partial charge < -0.3 is 3.79 Å². The van der Waals surface area contributed by atoms with Crippen molar-refractivity contribution in [3.05, 3.63) is 42.0 Å². The van der Waals surface area contributed by atoms with Crippen LogP contribution in [0.2, 0.25) is 0 Å². The van der Waals surface area contributed by atoms with E-state index in [2.05, 4.69) is 0 Å². The maximum atomic E-state index is 10.8. The lowest BCUT2D eigenvalue weighted by molar-refractivity contribution is -0.112. The zero-order valence-corrected chi connectivity index (χ0v) is 8.90. The molecule has 0 aliphatic heterocycles. The monoisotopic (exact) mass is 189 g/mol. The molecule has 3 heteroatoms. The predicted octanol–water partition coefficient (Wildman–Crippen LogP) is 1.45. The van der Waals surface area contributed by atoms with Crippen molar-refractivity contribution in [2.45, 2.75) is 6.92 Å². The van der Waals surface area contributed by atoms with Gasteiger partial charge in [0.05, 0.1) is 5.76 Å². The van der Waals surface area contributed by atoms with Crippen molar-refractivity contribution < 1.29 is 8.58 Å². The van der Waals surface area contributed by atoms with Crippen LogP contribution in [0.3, 0.4) is 0 Å². The van der Waals surface area contributed by atoms with E-state index < -0.39 is 0 Å². The SMILES string of the molecule is CC(=O)C=C([O][AlH])c1ccccc1. The molecule has 1 radical (unpaired) electrons. The van der Waals surface area contributed by atoms with Gasteiger partial charge in [0.15, 0.2) is 5.78 Å². The summed E-state index contributed by atoms with van der Waals surface area (Å²) in [4.78, 5) is 10.8. The van der Waals surface area contributed by atoms with Crippen LogP contribution in [0.1, 0.15) is 12.5 Å². The fourth-order valence-electron chi connectivity index (χ4n) is 0.995. The van der Waals surface area contributed by atoms with Crippen molar-refractivity contribution in [2.24, 2.45) is 0 Å². The van der Waals surface area contributed by atoms with E-state index in [0.717, 1.165) is 5.56 Å². The summed E-state index contributed by atoms with van der Waals surface area (Å²) < 4.78 is 5.12. The van der Waals surface area contributed by atoms with Gasteiger partial charge in [-0.1, -0.05) is 30.3 Å². The van der Waals surface area contributed by atoms with Gasteiger partial charge in [0, 0.05) is 11.6 Å². The lowest BCUT2D eigenvalue weighted by Gasteiger charge is -2.07. The molecule has 0 saturated carbocycles. The maximum absolute atomic E-state index is 10.8. The van der Waals surface area contributed by atoms with Gasteiger partial charge >= 0.3 is 16.6 Å². The smallest absolute Gasteiger partial charge is 0.494 e. The third kappa shape index (κ3) is 3.06. The Morgan fingerprint density at radius 2 is 2.00 bits per heavy atom. The predicted molar refractivity (Wildman–Crippen MR) is 53.3 cm³/mol. The van der Waals surface area contributed by atoms with E-state index in [4.69, 9.17) is 3.79 Å². The molecular formula is C10H10AlO2. The third-order valence-corrected chi connectivity index (χ3v) is 1.86. The van der Waals surface area contributed by atoms with Crippen LogP contribution in [0, 0.1) is 0 Å². The largest absolute Gasteiger partial charge is 0.650 e. The molecule has 1 aromatic carbocycles. The Morgan fingerprint density at radius 3 is 2.46 bits per heavy atom. The van der Waals surface area contributed by atoms with Gasteiger partial charge in [0.2, 0.25) is 0 Å². The highest BCUT2D eigenvalue weighted by atomic mass is 27.1. The highest BCUT2D eigenvalue weighted by molar-refractivity contribution is 6.04. The molecule has 2 nitrogen and oxygen atoms in total. The molecule has 1 rings (SSSR count). The normalized spacial score (nSPS) is 11.0. The topological polar surface area (TPSA) is 26.3 Å². The Bertz CT molecular complexity index is 317. The Kier molecular flexibility index (Phi) is 3.76. The second kappa shape index (κ2) is 4.86. The second-order valence-electron chi connectivity index (χ2n) is 2.63. The van der Waals surface area contributed by atoms with Gasteiger partial charge in [-0.2, -0.15) is 0 Å². The summed E-state index contributed by atoms with van der Waals surface area (Å²) in [6, 6.07) is 9.55. The molecule has 0 spiro atoms. The number of hydrogen-bond donors (Lipinski definition) is 0. The van der Waals surface area contributed by atoms with E-state index in [9.17, 15) is 4.79 Å². The summed E-state index contributed by atoms with van der Waals surface area (Å²) in [5.74, 6) is 0.608. The third-order valence-electron chi connectivity index (χ3n) is 1.55. The lowest BCUT2D eigenvalue weighted by Crippen LogP contribution is -1.92. The number of benzene rings is 1. The Balaban J connectivity index is 2.98. The van der Waals surface area contributed by atoms with E-state index in [-0.39, 0.29) is 5.78 Å². The van der Waals surface area contributed by atoms with E-state index in [0.29, 0.717) is 5.76 Å². The first kappa shape index (κ1) is 10.0. The molecule has 0 bridgehead atoms. The van der Waals surface area contributed by atoms with Crippen molar-refractivity contribution in [1.29, 1.82) is 0 Å². The zero-order valence-electron chi connectivity index (χ0n) is 7.49. The Labute approximate surface area is 86.0 Å². The molecule has 0 N–H and O–H groups in total. The quantitative estimate of drug-likeness (QED) is 0.408. The van der Waals surface area contributed by atoms with Crippen molar-refractivity contribution >= 4 is 28.2 Å². The molecule has 0 fully saturated rings. The average molecular weight is 189 g/mol. The van der Waals surface area contributed by atoms with Crippen molar-refractivity contribution in [1.82, 2.24) is 0 Å². The molecule has 0 unspecified atom stereocenters. The highest BCUT2D eigenvalue weighted by Gasteiger charge is 1.99. The summed E-state index contributed by atoms with van der Waals surface area (Å²) in [6.45, 7) is 1.51. The van der Waals surface area contributed by atoms with Crippen LogP contribution in [-0.4, -0.2) is 22.4 Å². The van der Waals surface area contributed by atoms with Gasteiger partial charge in [0.25, 0.3) is 0 Å². The zero-order chi connectivity index (χ0) is 9.68. The molecule has 0 heterocycles. The van der Waals surface area contributed by atoms with E-state index >= 15 is 0 Å². The molecule has 0 aliphatic carbocycles. The van der Waals surface area contributed by atoms with Crippen LogP contribution < -0.4 is 0 Å². The average Bonchev–Trinajstić information content (AvgIpc) is 2.15. The van der Waals surface area contributed by atoms with E-state index in [1.54, 1.807) is 0 Å². The molecule has 0 aromatic heterocycles. The molecule has 1 aromatic rings. The van der Waals surface area contributed by atoms with Gasteiger partial charge in [-0.25, -0.2) is 0 Å². The molecular weight excluding hydrogens is 179 g/mol. The van der Waals surface area contributed by atoms with Gasteiger partial charge in [-0.3, -0.25) is 4.79 Å². The minimum absolute atomic E-state index is 0.00879. The van der Waals surface area contributed by atoms with Crippen LogP contribution in [0.5, 0.6) is 0 Å². The second-order valence-corrected chi connectivity index (χ2v) is 2.92. The molecule has 0 amide bonds.